The molecule has 0 N–H and O–H groups in total. The minimum absolute atomic E-state index is 0.0561. The standard InChI is InChI=1S/C21H19N5O3/c1-28-17-5-6-18(19(8-17)29-2)14-3-4-15-10-25(11-16(15)7-14)21(27)12-26-13-23-20(9-22)24-26/h3-8,13H,10-12H2,1-2H3. The number of nitrogens with zero attached hydrogens (tertiary/aromatic N) is 5. The monoisotopic (exact) mass is 389 g/mol. The molecule has 2 heterocycles. The number of aromatic nitrogens is 3. The van der Waals surface area contributed by atoms with Crippen LogP contribution in [0.15, 0.2) is 42.7 Å². The van der Waals surface area contributed by atoms with E-state index in [9.17, 15) is 4.79 Å². The quantitative estimate of drug-likeness (QED) is 0.665. The molecule has 0 saturated carbocycles. The van der Waals surface area contributed by atoms with Crippen molar-refractivity contribution < 1.29 is 14.3 Å². The minimum atomic E-state index is -0.0702. The van der Waals surface area contributed by atoms with Gasteiger partial charge in [-0.1, -0.05) is 12.1 Å². The molecule has 0 bridgehead atoms. The second kappa shape index (κ2) is 7.64. The van der Waals surface area contributed by atoms with Crippen LogP contribution in [0, 0.1) is 11.3 Å². The second-order valence-electron chi connectivity index (χ2n) is 6.68. The van der Waals surface area contributed by atoms with Crippen LogP contribution in [0.25, 0.3) is 11.1 Å². The third-order valence-electron chi connectivity index (χ3n) is 4.93. The molecule has 0 aliphatic carbocycles. The van der Waals surface area contributed by atoms with Gasteiger partial charge in [0.2, 0.25) is 5.91 Å². The third-order valence-corrected chi connectivity index (χ3v) is 4.93. The van der Waals surface area contributed by atoms with Crippen LogP contribution >= 0.6 is 0 Å². The van der Waals surface area contributed by atoms with Gasteiger partial charge < -0.3 is 14.4 Å². The summed E-state index contributed by atoms with van der Waals surface area (Å²) in [6, 6.07) is 13.7. The normalized spacial score (nSPS) is 12.4. The molecule has 0 fully saturated rings. The molecule has 8 heteroatoms. The van der Waals surface area contributed by atoms with E-state index in [-0.39, 0.29) is 18.3 Å². The smallest absolute Gasteiger partial charge is 0.252 e. The summed E-state index contributed by atoms with van der Waals surface area (Å²) >= 11 is 0. The van der Waals surface area contributed by atoms with E-state index in [1.54, 1.807) is 19.1 Å². The fourth-order valence-corrected chi connectivity index (χ4v) is 3.44. The Labute approximate surface area is 167 Å². The molecular formula is C21H19N5O3. The lowest BCUT2D eigenvalue weighted by Gasteiger charge is -2.14. The van der Waals surface area contributed by atoms with E-state index in [4.69, 9.17) is 14.7 Å². The van der Waals surface area contributed by atoms with Gasteiger partial charge in [-0.3, -0.25) is 4.79 Å². The Morgan fingerprint density at radius 2 is 1.97 bits per heavy atom. The van der Waals surface area contributed by atoms with Gasteiger partial charge in [0, 0.05) is 24.7 Å². The first kappa shape index (κ1) is 18.5. The van der Waals surface area contributed by atoms with E-state index < -0.39 is 0 Å². The highest BCUT2D eigenvalue weighted by molar-refractivity contribution is 5.77. The fraction of sp³-hybridized carbons (Fsp3) is 0.238. The molecule has 29 heavy (non-hydrogen) atoms. The number of carbonyl (C=O) groups is 1. The summed E-state index contributed by atoms with van der Waals surface area (Å²) in [6.45, 7) is 1.14. The van der Waals surface area contributed by atoms with E-state index in [0.717, 1.165) is 33.8 Å². The third kappa shape index (κ3) is 3.62. The Morgan fingerprint density at radius 1 is 1.14 bits per heavy atom. The topological polar surface area (TPSA) is 93.3 Å². The van der Waals surface area contributed by atoms with Gasteiger partial charge in [0.15, 0.2) is 0 Å². The van der Waals surface area contributed by atoms with Gasteiger partial charge in [0.1, 0.15) is 30.4 Å². The van der Waals surface area contributed by atoms with Gasteiger partial charge >= 0.3 is 0 Å². The highest BCUT2D eigenvalue weighted by atomic mass is 16.5. The Kier molecular flexibility index (Phi) is 4.87. The van der Waals surface area contributed by atoms with Crippen LogP contribution in [0.4, 0.5) is 0 Å². The number of hydrogen-bond acceptors (Lipinski definition) is 6. The van der Waals surface area contributed by atoms with Crippen LogP contribution in [-0.4, -0.2) is 39.8 Å². The number of rotatable bonds is 5. The summed E-state index contributed by atoms with van der Waals surface area (Å²) in [7, 11) is 3.25. The lowest BCUT2D eigenvalue weighted by molar-refractivity contribution is -0.132. The fourth-order valence-electron chi connectivity index (χ4n) is 3.44. The summed E-state index contributed by atoms with van der Waals surface area (Å²) in [5, 5.41) is 12.8. The predicted molar refractivity (Wildman–Crippen MR) is 104 cm³/mol. The van der Waals surface area contributed by atoms with E-state index >= 15 is 0 Å². The molecule has 2 aromatic carbocycles. The van der Waals surface area contributed by atoms with Gasteiger partial charge in [-0.25, -0.2) is 9.67 Å². The van der Waals surface area contributed by atoms with Gasteiger partial charge in [-0.15, -0.1) is 5.10 Å². The first-order valence-electron chi connectivity index (χ1n) is 9.03. The van der Waals surface area contributed by atoms with Crippen molar-refractivity contribution in [2.75, 3.05) is 14.2 Å². The number of nitriles is 1. The lowest BCUT2D eigenvalue weighted by atomic mass is 10.00. The molecule has 8 nitrogen and oxygen atoms in total. The summed E-state index contributed by atoms with van der Waals surface area (Å²) in [5.74, 6) is 1.45. The summed E-state index contributed by atoms with van der Waals surface area (Å²) in [6.07, 6.45) is 1.40. The highest BCUT2D eigenvalue weighted by Crippen LogP contribution is 2.35. The van der Waals surface area contributed by atoms with Gasteiger partial charge in [0.25, 0.3) is 5.82 Å². The van der Waals surface area contributed by atoms with Crippen molar-refractivity contribution in [3.63, 3.8) is 0 Å². The summed E-state index contributed by atoms with van der Waals surface area (Å²) in [4.78, 5) is 18.2. The zero-order valence-electron chi connectivity index (χ0n) is 16.1. The lowest BCUT2D eigenvalue weighted by Crippen LogP contribution is -2.29. The number of benzene rings is 2. The molecule has 1 aliphatic heterocycles. The number of fused-ring (bicyclic) bond motifs is 1. The number of carbonyl (C=O) groups excluding carboxylic acids is 1. The molecule has 146 valence electrons. The number of ether oxygens (including phenoxy) is 2. The molecule has 0 spiro atoms. The van der Waals surface area contributed by atoms with Crippen LogP contribution in [0.2, 0.25) is 0 Å². The van der Waals surface area contributed by atoms with Crippen molar-refractivity contribution >= 4 is 5.91 Å². The minimum Gasteiger partial charge on any atom is -0.497 e. The average molecular weight is 389 g/mol. The van der Waals surface area contributed by atoms with Crippen molar-refractivity contribution in [2.45, 2.75) is 19.6 Å². The second-order valence-corrected chi connectivity index (χ2v) is 6.68. The first-order chi connectivity index (χ1) is 14.1. The van der Waals surface area contributed by atoms with E-state index in [1.165, 1.54) is 11.0 Å². The van der Waals surface area contributed by atoms with Crippen molar-refractivity contribution in [3.05, 3.63) is 59.7 Å². The highest BCUT2D eigenvalue weighted by Gasteiger charge is 2.24. The Bertz CT molecular complexity index is 1120. The molecular weight excluding hydrogens is 370 g/mol. The maximum absolute atomic E-state index is 12.6. The van der Waals surface area contributed by atoms with Crippen LogP contribution in [0.3, 0.4) is 0 Å². The Morgan fingerprint density at radius 3 is 2.69 bits per heavy atom. The van der Waals surface area contributed by atoms with Gasteiger partial charge in [0.05, 0.1) is 14.2 Å². The Balaban J connectivity index is 1.52. The molecule has 0 radical (unpaired) electrons. The number of hydrogen-bond donors (Lipinski definition) is 0. The first-order valence-corrected chi connectivity index (χ1v) is 9.03. The van der Waals surface area contributed by atoms with Crippen LogP contribution in [-0.2, 0) is 24.4 Å². The van der Waals surface area contributed by atoms with Crippen LogP contribution in [0.1, 0.15) is 17.0 Å². The van der Waals surface area contributed by atoms with Crippen molar-refractivity contribution in [2.24, 2.45) is 0 Å². The maximum atomic E-state index is 12.6. The molecule has 4 rings (SSSR count). The molecule has 0 unspecified atom stereocenters. The molecule has 3 aromatic rings. The Hall–Kier alpha value is -3.86. The predicted octanol–water partition coefficient (Wildman–Crippen LogP) is 2.38. The van der Waals surface area contributed by atoms with Gasteiger partial charge in [-0.2, -0.15) is 5.26 Å². The van der Waals surface area contributed by atoms with Crippen molar-refractivity contribution in [3.8, 4) is 28.7 Å². The SMILES string of the molecule is COc1ccc(-c2ccc3c(c2)CN(C(=O)Cn2cnc(C#N)n2)C3)c(OC)c1. The maximum Gasteiger partial charge on any atom is 0.252 e. The van der Waals surface area contributed by atoms with Gasteiger partial charge in [-0.05, 0) is 34.9 Å². The molecule has 1 aromatic heterocycles. The summed E-state index contributed by atoms with van der Waals surface area (Å²) in [5.41, 5.74) is 4.20. The average Bonchev–Trinajstić information content (AvgIpc) is 3.39. The largest absolute Gasteiger partial charge is 0.497 e. The van der Waals surface area contributed by atoms with Crippen molar-refractivity contribution in [1.29, 1.82) is 5.26 Å². The van der Waals surface area contributed by atoms with Crippen molar-refractivity contribution in [1.82, 2.24) is 19.7 Å². The zero-order valence-corrected chi connectivity index (χ0v) is 16.1. The van der Waals surface area contributed by atoms with Crippen LogP contribution in [0.5, 0.6) is 11.5 Å². The molecule has 1 aliphatic rings. The number of methoxy groups -OCH3 is 2. The summed E-state index contributed by atoms with van der Waals surface area (Å²) < 4.78 is 12.2. The molecule has 1 amide bonds. The van der Waals surface area contributed by atoms with Crippen LogP contribution < -0.4 is 9.47 Å². The van der Waals surface area contributed by atoms with E-state index in [0.29, 0.717) is 13.1 Å². The molecule has 0 atom stereocenters. The van der Waals surface area contributed by atoms with E-state index in [1.807, 2.05) is 36.4 Å². The number of amides is 1. The zero-order chi connectivity index (χ0) is 20.4. The molecule has 0 saturated heterocycles. The van der Waals surface area contributed by atoms with E-state index in [2.05, 4.69) is 16.1 Å².